The molecule has 2 N–H and O–H groups in total. The van der Waals surface area contributed by atoms with E-state index in [1.54, 1.807) is 18.2 Å². The highest BCUT2D eigenvalue weighted by atomic mass is 16.5. The molecule has 2 atom stereocenters. The fraction of sp³-hybridized carbons (Fsp3) is 0.478. The van der Waals surface area contributed by atoms with Gasteiger partial charge in [0, 0.05) is 11.6 Å². The van der Waals surface area contributed by atoms with Crippen LogP contribution in [0.3, 0.4) is 0 Å². The second kappa shape index (κ2) is 6.66. The Morgan fingerprint density at radius 1 is 1.04 bits per heavy atom. The average molecular weight is 370 g/mol. The van der Waals surface area contributed by atoms with Crippen molar-refractivity contribution >= 4 is 0 Å². The first-order chi connectivity index (χ1) is 12.5. The van der Waals surface area contributed by atoms with E-state index < -0.39 is 0 Å². The zero-order chi connectivity index (χ0) is 20.0. The van der Waals surface area contributed by atoms with Crippen molar-refractivity contribution in [3.05, 3.63) is 42.0 Å². The number of hydrogen-bond donors (Lipinski definition) is 2. The monoisotopic (exact) mass is 370 g/mol. The smallest absolute Gasteiger partial charge is 0.172 e. The molecule has 0 saturated heterocycles. The molecule has 1 saturated carbocycles. The summed E-state index contributed by atoms with van der Waals surface area (Å²) in [4.78, 5) is 0. The number of rotatable bonds is 6. The van der Waals surface area contributed by atoms with Gasteiger partial charge in [-0.05, 0) is 67.9 Å². The van der Waals surface area contributed by atoms with Crippen molar-refractivity contribution < 1.29 is 19.7 Å². The maximum atomic E-state index is 10.4. The Bertz CT molecular complexity index is 823. The van der Waals surface area contributed by atoms with Gasteiger partial charge in [-0.25, -0.2) is 0 Å². The number of hydrogen-bond acceptors (Lipinski definition) is 4. The normalized spacial score (nSPS) is 22.0. The van der Waals surface area contributed by atoms with E-state index in [-0.39, 0.29) is 28.3 Å². The number of aromatic hydroxyl groups is 2. The van der Waals surface area contributed by atoms with Crippen molar-refractivity contribution in [2.75, 3.05) is 0 Å². The average Bonchev–Trinajstić information content (AvgIpc) is 3.19. The Morgan fingerprint density at radius 3 is 2.11 bits per heavy atom. The predicted molar refractivity (Wildman–Crippen MR) is 107 cm³/mol. The molecular weight excluding hydrogens is 340 g/mol. The summed E-state index contributed by atoms with van der Waals surface area (Å²) < 4.78 is 11.8. The van der Waals surface area contributed by atoms with Gasteiger partial charge in [0.2, 0.25) is 0 Å². The lowest BCUT2D eigenvalue weighted by molar-refractivity contribution is 0.0599. The fourth-order valence-corrected chi connectivity index (χ4v) is 3.17. The highest BCUT2D eigenvalue weighted by molar-refractivity contribution is 5.55. The van der Waals surface area contributed by atoms with E-state index in [1.807, 2.05) is 12.1 Å². The van der Waals surface area contributed by atoms with Gasteiger partial charge in [0.05, 0.1) is 0 Å². The predicted octanol–water partition coefficient (Wildman–Crippen LogP) is 6.00. The van der Waals surface area contributed by atoms with Crippen LogP contribution in [0.5, 0.6) is 28.7 Å². The molecule has 1 aliphatic rings. The van der Waals surface area contributed by atoms with Gasteiger partial charge in [-0.3, -0.25) is 0 Å². The maximum Gasteiger partial charge on any atom is 0.172 e. The van der Waals surface area contributed by atoms with Crippen molar-refractivity contribution in [3.63, 3.8) is 0 Å². The van der Waals surface area contributed by atoms with Gasteiger partial charge < -0.3 is 19.7 Å². The molecule has 4 nitrogen and oxygen atoms in total. The van der Waals surface area contributed by atoms with Crippen molar-refractivity contribution in [1.29, 1.82) is 0 Å². The summed E-state index contributed by atoms with van der Waals surface area (Å²) in [6, 6.07) is 10.4. The summed E-state index contributed by atoms with van der Waals surface area (Å²) in [7, 11) is 0. The zero-order valence-electron chi connectivity index (χ0n) is 17.0. The molecule has 3 rings (SSSR count). The second-order valence-electron chi connectivity index (χ2n) is 8.79. The van der Waals surface area contributed by atoms with Crippen molar-refractivity contribution in [1.82, 2.24) is 0 Å². The van der Waals surface area contributed by atoms with Crippen LogP contribution < -0.4 is 9.47 Å². The van der Waals surface area contributed by atoms with Crippen molar-refractivity contribution in [3.8, 4) is 28.7 Å². The first kappa shape index (κ1) is 19.4. The van der Waals surface area contributed by atoms with Gasteiger partial charge in [-0.15, -0.1) is 0 Å². The third-order valence-corrected chi connectivity index (χ3v) is 6.17. The fourth-order valence-electron chi connectivity index (χ4n) is 3.17. The molecule has 1 aliphatic carbocycles. The van der Waals surface area contributed by atoms with Crippen LogP contribution in [0.2, 0.25) is 0 Å². The molecule has 146 valence electrons. The molecule has 0 bridgehead atoms. The molecule has 0 radical (unpaired) electrons. The molecule has 27 heavy (non-hydrogen) atoms. The van der Waals surface area contributed by atoms with E-state index in [9.17, 15) is 10.2 Å². The lowest BCUT2D eigenvalue weighted by Crippen LogP contribution is -2.34. The Labute approximate surface area is 161 Å². The highest BCUT2D eigenvalue weighted by Crippen LogP contribution is 2.57. The molecule has 0 aromatic heterocycles. The first-order valence-corrected chi connectivity index (χ1v) is 9.56. The van der Waals surface area contributed by atoms with E-state index in [0.29, 0.717) is 17.6 Å². The lowest BCUT2D eigenvalue weighted by atomic mass is 9.94. The minimum absolute atomic E-state index is 0.0318. The number of phenols is 2. The first-order valence-electron chi connectivity index (χ1n) is 9.56. The molecule has 4 heteroatoms. The van der Waals surface area contributed by atoms with E-state index >= 15 is 0 Å². The van der Waals surface area contributed by atoms with E-state index in [4.69, 9.17) is 9.47 Å². The Balaban J connectivity index is 1.75. The van der Waals surface area contributed by atoms with Crippen molar-refractivity contribution in [2.45, 2.75) is 59.0 Å². The molecule has 2 unspecified atom stereocenters. The topological polar surface area (TPSA) is 58.9 Å². The van der Waals surface area contributed by atoms with E-state index in [0.717, 1.165) is 17.7 Å². The number of benzene rings is 2. The third-order valence-electron chi connectivity index (χ3n) is 6.17. The zero-order valence-corrected chi connectivity index (χ0v) is 17.0. The van der Waals surface area contributed by atoms with Crippen LogP contribution in [0.1, 0.15) is 53.5 Å². The van der Waals surface area contributed by atoms with Gasteiger partial charge in [0.1, 0.15) is 22.8 Å². The second-order valence-corrected chi connectivity index (χ2v) is 8.79. The third kappa shape index (κ3) is 3.85. The molecule has 0 heterocycles. The quantitative estimate of drug-likeness (QED) is 0.612. The van der Waals surface area contributed by atoms with Crippen LogP contribution in [0.25, 0.3) is 0 Å². The SMILES string of the molecule is CC(C)C(C)(C)Oc1ccc(Oc2cc(O)c(C3(C)CC3C)cc2O)cc1. The standard InChI is InChI=1S/C23H30O4/c1-14(2)22(4,5)27-17-9-7-16(8-10-17)26-21-12-19(24)18(11-20(21)25)23(6)13-15(23)3/h7-12,14-15,24-25H,13H2,1-6H3. The van der Waals surface area contributed by atoms with Crippen LogP contribution in [-0.2, 0) is 5.41 Å². The molecule has 2 aromatic rings. The molecule has 0 amide bonds. The Kier molecular flexibility index (Phi) is 4.79. The van der Waals surface area contributed by atoms with Gasteiger partial charge in [0.15, 0.2) is 11.5 Å². The number of ether oxygens (including phenoxy) is 2. The van der Waals surface area contributed by atoms with Gasteiger partial charge in [-0.2, -0.15) is 0 Å². The van der Waals surface area contributed by atoms with E-state index in [2.05, 4.69) is 41.5 Å². The maximum absolute atomic E-state index is 10.4. The molecule has 0 aliphatic heterocycles. The lowest BCUT2D eigenvalue weighted by Gasteiger charge is -2.30. The van der Waals surface area contributed by atoms with E-state index in [1.165, 1.54) is 6.07 Å². The van der Waals surface area contributed by atoms with Gasteiger partial charge in [-0.1, -0.05) is 27.7 Å². The van der Waals surface area contributed by atoms with Crippen LogP contribution in [0.4, 0.5) is 0 Å². The minimum Gasteiger partial charge on any atom is -0.508 e. The Morgan fingerprint density at radius 2 is 1.59 bits per heavy atom. The van der Waals surface area contributed by atoms with Crippen LogP contribution >= 0.6 is 0 Å². The Hall–Kier alpha value is -2.36. The molecule has 2 aromatic carbocycles. The van der Waals surface area contributed by atoms with Gasteiger partial charge in [0.25, 0.3) is 0 Å². The summed E-state index contributed by atoms with van der Waals surface area (Å²) in [5.41, 5.74) is 0.445. The van der Waals surface area contributed by atoms with Gasteiger partial charge >= 0.3 is 0 Å². The van der Waals surface area contributed by atoms with Crippen LogP contribution in [-0.4, -0.2) is 15.8 Å². The summed E-state index contributed by atoms with van der Waals surface area (Å²) in [6.45, 7) is 12.6. The minimum atomic E-state index is -0.266. The van der Waals surface area contributed by atoms with Crippen LogP contribution in [0.15, 0.2) is 36.4 Å². The summed E-state index contributed by atoms with van der Waals surface area (Å²) >= 11 is 0. The summed E-state index contributed by atoms with van der Waals surface area (Å²) in [5.74, 6) is 2.64. The summed E-state index contributed by atoms with van der Waals surface area (Å²) in [5, 5.41) is 20.8. The molecular formula is C23H30O4. The molecule has 1 fully saturated rings. The summed E-state index contributed by atoms with van der Waals surface area (Å²) in [6.07, 6.45) is 1.01. The van der Waals surface area contributed by atoms with Crippen LogP contribution in [0, 0.1) is 11.8 Å². The van der Waals surface area contributed by atoms with Crippen molar-refractivity contribution in [2.24, 2.45) is 11.8 Å². The highest BCUT2D eigenvalue weighted by Gasteiger charge is 2.49. The number of phenolic OH excluding ortho intramolecular Hbond substituents is 2. The molecule has 0 spiro atoms. The largest absolute Gasteiger partial charge is 0.508 e.